The molecule has 0 unspecified atom stereocenters. The van der Waals surface area contributed by atoms with Crippen LogP contribution in [0.25, 0.3) is 22.4 Å². The Bertz CT molecular complexity index is 1130. The van der Waals surface area contributed by atoms with Gasteiger partial charge in [-0.15, -0.1) is 0 Å². The number of fused-ring (bicyclic) bond motifs is 1. The average molecular weight is 421 g/mol. The largest absolute Gasteiger partial charge is 0.508 e. The van der Waals surface area contributed by atoms with Gasteiger partial charge in [0.05, 0.1) is 11.0 Å². The Balaban J connectivity index is 1.93. The van der Waals surface area contributed by atoms with Crippen molar-refractivity contribution < 1.29 is 5.11 Å². The molecular weight excluding hydrogens is 400 g/mol. The maximum Gasteiger partial charge on any atom is 0.141 e. The zero-order valence-electron chi connectivity index (χ0n) is 15.4. The topological polar surface area (TPSA) is 38.1 Å². The maximum absolute atomic E-state index is 10.0. The predicted octanol–water partition coefficient (Wildman–Crippen LogP) is 5.97. The Labute approximate surface area is 167 Å². The number of hydrogen-bond donors (Lipinski definition) is 1. The van der Waals surface area contributed by atoms with Crippen molar-refractivity contribution in [2.45, 2.75) is 25.7 Å². The van der Waals surface area contributed by atoms with Gasteiger partial charge in [-0.05, 0) is 54.3 Å². The number of aromatic hydroxyl groups is 1. The van der Waals surface area contributed by atoms with Crippen molar-refractivity contribution in [2.24, 2.45) is 0 Å². The lowest BCUT2D eigenvalue weighted by Gasteiger charge is -2.13. The number of halogens is 1. The van der Waals surface area contributed by atoms with E-state index in [4.69, 9.17) is 4.98 Å². The van der Waals surface area contributed by atoms with E-state index in [-0.39, 0.29) is 5.75 Å². The fourth-order valence-corrected chi connectivity index (χ4v) is 3.93. The summed E-state index contributed by atoms with van der Waals surface area (Å²) in [7, 11) is 0. The van der Waals surface area contributed by atoms with Gasteiger partial charge in [0.2, 0.25) is 0 Å². The molecule has 0 saturated heterocycles. The summed E-state index contributed by atoms with van der Waals surface area (Å²) in [6, 6.07) is 20.2. The minimum atomic E-state index is 0.254. The molecule has 0 aliphatic carbocycles. The van der Waals surface area contributed by atoms with Crippen LogP contribution < -0.4 is 0 Å². The molecule has 0 aliphatic rings. The average Bonchev–Trinajstić information content (AvgIpc) is 3.02. The molecule has 0 atom stereocenters. The first-order valence-electron chi connectivity index (χ1n) is 8.96. The van der Waals surface area contributed by atoms with Gasteiger partial charge >= 0.3 is 0 Å². The lowest BCUT2D eigenvalue weighted by molar-refractivity contribution is 0.476. The lowest BCUT2D eigenvalue weighted by Crippen LogP contribution is -2.04. The molecule has 1 heterocycles. The van der Waals surface area contributed by atoms with E-state index in [1.807, 2.05) is 6.07 Å². The van der Waals surface area contributed by atoms with Crippen molar-refractivity contribution in [1.82, 2.24) is 9.55 Å². The van der Waals surface area contributed by atoms with Crippen molar-refractivity contribution >= 4 is 27.0 Å². The summed E-state index contributed by atoms with van der Waals surface area (Å²) < 4.78 is 2.20. The number of aryl methyl sites for hydroxylation is 2. The number of phenols is 1. The van der Waals surface area contributed by atoms with Crippen molar-refractivity contribution in [1.29, 1.82) is 0 Å². The van der Waals surface area contributed by atoms with Gasteiger partial charge in [0.15, 0.2) is 0 Å². The van der Waals surface area contributed by atoms with Crippen molar-refractivity contribution in [3.63, 3.8) is 0 Å². The molecule has 0 spiro atoms. The van der Waals surface area contributed by atoms with Crippen LogP contribution in [0, 0.1) is 13.8 Å². The fraction of sp³-hybridized carbons (Fsp3) is 0.174. The quantitative estimate of drug-likeness (QED) is 0.413. The molecule has 4 rings (SSSR count). The fourth-order valence-electron chi connectivity index (χ4n) is 3.38. The SMILES string of the molecule is Cc1ccc(-c2nc3ccc(O)cc3n2Cc2ccccc2CBr)cc1C. The summed E-state index contributed by atoms with van der Waals surface area (Å²) in [5, 5.41) is 10.8. The first kappa shape index (κ1) is 17.8. The Morgan fingerprint density at radius 1 is 0.926 bits per heavy atom. The van der Waals surface area contributed by atoms with Crippen molar-refractivity contribution in [2.75, 3.05) is 0 Å². The molecule has 136 valence electrons. The second-order valence-corrected chi connectivity index (χ2v) is 7.46. The smallest absolute Gasteiger partial charge is 0.141 e. The first-order valence-corrected chi connectivity index (χ1v) is 10.1. The molecule has 0 aliphatic heterocycles. The number of benzene rings is 3. The number of alkyl halides is 1. The summed E-state index contributed by atoms with van der Waals surface area (Å²) in [6.07, 6.45) is 0. The molecule has 0 amide bonds. The summed E-state index contributed by atoms with van der Waals surface area (Å²) >= 11 is 3.59. The van der Waals surface area contributed by atoms with Gasteiger partial charge in [0, 0.05) is 23.5 Å². The van der Waals surface area contributed by atoms with Gasteiger partial charge in [-0.1, -0.05) is 52.3 Å². The summed E-state index contributed by atoms with van der Waals surface area (Å²) in [4.78, 5) is 4.89. The van der Waals surface area contributed by atoms with Crippen LogP contribution in [0.15, 0.2) is 60.7 Å². The maximum atomic E-state index is 10.0. The van der Waals surface area contributed by atoms with Crippen LogP contribution in [0.4, 0.5) is 0 Å². The molecular formula is C23H21BrN2O. The molecule has 0 bridgehead atoms. The third-order valence-corrected chi connectivity index (χ3v) is 5.69. The Morgan fingerprint density at radius 3 is 2.44 bits per heavy atom. The minimum Gasteiger partial charge on any atom is -0.508 e. The Hall–Kier alpha value is -2.59. The summed E-state index contributed by atoms with van der Waals surface area (Å²) in [5.74, 6) is 1.17. The number of nitrogens with zero attached hydrogens (tertiary/aromatic N) is 2. The Morgan fingerprint density at radius 2 is 1.70 bits per heavy atom. The number of hydrogen-bond acceptors (Lipinski definition) is 2. The molecule has 27 heavy (non-hydrogen) atoms. The van der Waals surface area contributed by atoms with Crippen LogP contribution in [-0.2, 0) is 11.9 Å². The van der Waals surface area contributed by atoms with Crippen LogP contribution in [0.3, 0.4) is 0 Å². The van der Waals surface area contributed by atoms with E-state index in [2.05, 4.69) is 76.8 Å². The number of rotatable bonds is 4. The van der Waals surface area contributed by atoms with E-state index in [1.54, 1.807) is 12.1 Å². The number of imidazole rings is 1. The molecule has 3 aromatic carbocycles. The molecule has 4 heteroatoms. The van der Waals surface area contributed by atoms with E-state index in [0.717, 1.165) is 27.8 Å². The van der Waals surface area contributed by atoms with Crippen LogP contribution in [-0.4, -0.2) is 14.7 Å². The molecule has 3 nitrogen and oxygen atoms in total. The third-order valence-electron chi connectivity index (χ3n) is 5.09. The zero-order valence-corrected chi connectivity index (χ0v) is 17.0. The summed E-state index contributed by atoms with van der Waals surface area (Å²) in [6.45, 7) is 4.94. The number of phenolic OH excluding ortho intramolecular Hbond substituents is 1. The highest BCUT2D eigenvalue weighted by Crippen LogP contribution is 2.30. The zero-order chi connectivity index (χ0) is 19.0. The van der Waals surface area contributed by atoms with E-state index in [9.17, 15) is 5.11 Å². The first-order chi connectivity index (χ1) is 13.1. The van der Waals surface area contributed by atoms with Crippen molar-refractivity contribution in [3.05, 3.63) is 82.9 Å². The number of aromatic nitrogens is 2. The van der Waals surface area contributed by atoms with Crippen molar-refractivity contribution in [3.8, 4) is 17.1 Å². The van der Waals surface area contributed by atoms with E-state index in [0.29, 0.717) is 6.54 Å². The standard InChI is InChI=1S/C23H21BrN2O/c1-15-7-8-17(11-16(15)2)23-25-21-10-9-20(27)12-22(21)26(23)14-19-6-4-3-5-18(19)13-24/h3-12,27H,13-14H2,1-2H3. The monoisotopic (exact) mass is 420 g/mol. The van der Waals surface area contributed by atoms with Crippen LogP contribution in [0.1, 0.15) is 22.3 Å². The van der Waals surface area contributed by atoms with E-state index in [1.165, 1.54) is 22.3 Å². The van der Waals surface area contributed by atoms with Gasteiger partial charge in [0.1, 0.15) is 11.6 Å². The minimum absolute atomic E-state index is 0.254. The lowest BCUT2D eigenvalue weighted by atomic mass is 10.1. The van der Waals surface area contributed by atoms with Gasteiger partial charge in [-0.2, -0.15) is 0 Å². The molecule has 0 fully saturated rings. The highest BCUT2D eigenvalue weighted by Gasteiger charge is 2.15. The van der Waals surface area contributed by atoms with Gasteiger partial charge in [-0.25, -0.2) is 4.98 Å². The summed E-state index contributed by atoms with van der Waals surface area (Å²) in [5.41, 5.74) is 7.92. The second-order valence-electron chi connectivity index (χ2n) is 6.90. The van der Waals surface area contributed by atoms with Crippen LogP contribution in [0.2, 0.25) is 0 Å². The second kappa shape index (κ2) is 7.20. The van der Waals surface area contributed by atoms with Crippen LogP contribution >= 0.6 is 15.9 Å². The third kappa shape index (κ3) is 3.37. The molecule has 1 aromatic heterocycles. The predicted molar refractivity (Wildman–Crippen MR) is 114 cm³/mol. The van der Waals surface area contributed by atoms with E-state index >= 15 is 0 Å². The van der Waals surface area contributed by atoms with Gasteiger partial charge in [-0.3, -0.25) is 0 Å². The Kier molecular flexibility index (Phi) is 4.75. The molecule has 4 aromatic rings. The molecule has 1 N–H and O–H groups in total. The van der Waals surface area contributed by atoms with Gasteiger partial charge in [0.25, 0.3) is 0 Å². The van der Waals surface area contributed by atoms with Crippen LogP contribution in [0.5, 0.6) is 5.75 Å². The highest BCUT2D eigenvalue weighted by molar-refractivity contribution is 9.08. The molecule has 0 radical (unpaired) electrons. The van der Waals surface area contributed by atoms with E-state index < -0.39 is 0 Å². The highest BCUT2D eigenvalue weighted by atomic mass is 79.9. The normalized spacial score (nSPS) is 11.2. The molecule has 0 saturated carbocycles. The van der Waals surface area contributed by atoms with Gasteiger partial charge < -0.3 is 9.67 Å².